The van der Waals surface area contributed by atoms with Crippen molar-refractivity contribution in [1.29, 1.82) is 0 Å². The minimum Gasteiger partial charge on any atom is -0.473 e. The van der Waals surface area contributed by atoms with Gasteiger partial charge in [-0.1, -0.05) is 27.7 Å². The van der Waals surface area contributed by atoms with Crippen LogP contribution in [0.15, 0.2) is 0 Å². The Hall–Kier alpha value is -2.60. The maximum atomic E-state index is 12.0. The van der Waals surface area contributed by atoms with Crippen molar-refractivity contribution in [3.63, 3.8) is 0 Å². The molecule has 0 aromatic carbocycles. The molecule has 0 radical (unpaired) electrons. The van der Waals surface area contributed by atoms with Gasteiger partial charge in [0.15, 0.2) is 0 Å². The molecule has 4 fully saturated rings. The molecule has 42 heavy (non-hydrogen) atoms. The summed E-state index contributed by atoms with van der Waals surface area (Å²) in [5, 5.41) is 21.7. The average molecular weight is 599 g/mol. The Bertz CT molecular complexity index is 920. The van der Waals surface area contributed by atoms with Gasteiger partial charge < -0.3 is 40.1 Å². The van der Waals surface area contributed by atoms with Crippen molar-refractivity contribution in [3.8, 4) is 0 Å². The van der Waals surface area contributed by atoms with Crippen LogP contribution in [0.1, 0.15) is 82.1 Å². The lowest BCUT2D eigenvalue weighted by Crippen LogP contribution is -2.69. The summed E-state index contributed by atoms with van der Waals surface area (Å²) in [6.45, 7) is 28.2. The molecule has 2 amide bonds. The molecule has 4 aliphatic heterocycles. The largest absolute Gasteiger partial charge is 0.473 e. The zero-order valence-electron chi connectivity index (χ0n) is 27.3. The Balaban J connectivity index is 0.000000247. The van der Waals surface area contributed by atoms with E-state index in [2.05, 4.69) is 38.3 Å². The third-order valence-electron chi connectivity index (χ3n) is 9.03. The lowest BCUT2D eigenvalue weighted by Gasteiger charge is -2.60. The summed E-state index contributed by atoms with van der Waals surface area (Å²) in [4.78, 5) is 45.8. The van der Waals surface area contributed by atoms with Crippen molar-refractivity contribution in [1.82, 2.24) is 20.4 Å². The highest BCUT2D eigenvalue weighted by Crippen LogP contribution is 2.51. The number of carbonyl (C=O) groups excluding carboxylic acids is 2. The van der Waals surface area contributed by atoms with E-state index in [1.165, 1.54) is 0 Å². The van der Waals surface area contributed by atoms with E-state index >= 15 is 0 Å². The minimum atomic E-state index is -1.82. The predicted molar refractivity (Wildman–Crippen MR) is 158 cm³/mol. The Labute approximate surface area is 250 Å². The van der Waals surface area contributed by atoms with Crippen molar-refractivity contribution >= 4 is 24.1 Å². The van der Waals surface area contributed by atoms with Crippen LogP contribution < -0.4 is 10.6 Å². The minimum absolute atomic E-state index is 0.164. The highest BCUT2D eigenvalue weighted by Gasteiger charge is 2.57. The molecule has 0 aromatic heterocycles. The fourth-order valence-electron chi connectivity index (χ4n) is 5.96. The Morgan fingerprint density at radius 3 is 1.12 bits per heavy atom. The second-order valence-corrected chi connectivity index (χ2v) is 15.5. The van der Waals surface area contributed by atoms with Crippen LogP contribution >= 0.6 is 0 Å². The number of ether oxygens (including phenoxy) is 2. The van der Waals surface area contributed by atoms with Gasteiger partial charge in [0.2, 0.25) is 0 Å². The first-order chi connectivity index (χ1) is 18.9. The van der Waals surface area contributed by atoms with Crippen LogP contribution in [0.25, 0.3) is 0 Å². The fourth-order valence-corrected chi connectivity index (χ4v) is 5.96. The molecule has 0 unspecified atom stereocenters. The Morgan fingerprint density at radius 2 is 0.905 bits per heavy atom. The number of carboxylic acids is 2. The highest BCUT2D eigenvalue weighted by molar-refractivity contribution is 6.27. The molecular formula is C30H54N4O8. The predicted octanol–water partition coefficient (Wildman–Crippen LogP) is 3.64. The van der Waals surface area contributed by atoms with Gasteiger partial charge in [-0.25, -0.2) is 19.2 Å². The quantitative estimate of drug-likeness (QED) is 0.303. The number of rotatable bonds is 0. The normalized spacial score (nSPS) is 23.1. The summed E-state index contributed by atoms with van der Waals surface area (Å²) in [6.07, 6.45) is 1.98. The van der Waals surface area contributed by atoms with Crippen LogP contribution in [0.4, 0.5) is 9.59 Å². The highest BCUT2D eigenvalue weighted by atomic mass is 16.6. The summed E-state index contributed by atoms with van der Waals surface area (Å²) in [5.41, 5.74) is 0.283. The number of piperidine rings is 2. The van der Waals surface area contributed by atoms with Gasteiger partial charge in [0.05, 0.1) is 0 Å². The molecule has 4 N–H and O–H groups in total. The zero-order valence-corrected chi connectivity index (χ0v) is 27.3. The number of amides is 2. The van der Waals surface area contributed by atoms with Crippen molar-refractivity contribution in [2.75, 3.05) is 52.4 Å². The van der Waals surface area contributed by atoms with Gasteiger partial charge >= 0.3 is 24.1 Å². The van der Waals surface area contributed by atoms with E-state index in [0.29, 0.717) is 0 Å². The monoisotopic (exact) mass is 598 g/mol. The van der Waals surface area contributed by atoms with E-state index in [1.54, 1.807) is 0 Å². The zero-order chi connectivity index (χ0) is 32.4. The first kappa shape index (κ1) is 35.6. The lowest BCUT2D eigenvalue weighted by atomic mass is 9.57. The second kappa shape index (κ2) is 12.6. The van der Waals surface area contributed by atoms with Gasteiger partial charge in [0, 0.05) is 50.1 Å². The van der Waals surface area contributed by atoms with E-state index in [4.69, 9.17) is 29.3 Å². The van der Waals surface area contributed by atoms with Gasteiger partial charge in [-0.15, -0.1) is 0 Å². The number of carboxylic acid groups (broad SMARTS) is 2. The van der Waals surface area contributed by atoms with Gasteiger partial charge in [-0.05, 0) is 78.3 Å². The van der Waals surface area contributed by atoms with Gasteiger partial charge in [0.25, 0.3) is 0 Å². The van der Waals surface area contributed by atoms with E-state index in [1.807, 2.05) is 51.3 Å². The number of carbonyl (C=O) groups is 4. The number of likely N-dealkylation sites (tertiary alicyclic amines) is 2. The molecule has 2 spiro atoms. The molecule has 12 heteroatoms. The Morgan fingerprint density at radius 1 is 0.619 bits per heavy atom. The molecule has 0 aromatic rings. The molecule has 0 bridgehead atoms. The summed E-state index contributed by atoms with van der Waals surface area (Å²) >= 11 is 0. The number of aliphatic carboxylic acids is 2. The third-order valence-corrected chi connectivity index (χ3v) is 9.03. The standard InChI is InChI=1S/2C14H26N2O2.C2H2O4/c2*1-12(2,3)18-11(17)16-9-14(10-16)6-7-15-8-13(14,4)5;3-1(4)2(5)6/h2*15H,6-10H2,1-5H3;(H,3,4)(H,5,6). The first-order valence-corrected chi connectivity index (χ1v) is 14.8. The van der Waals surface area contributed by atoms with Crippen molar-refractivity contribution in [3.05, 3.63) is 0 Å². The molecule has 4 heterocycles. The summed E-state index contributed by atoms with van der Waals surface area (Å²) in [7, 11) is 0. The molecule has 4 aliphatic rings. The van der Waals surface area contributed by atoms with Crippen LogP contribution in [0.2, 0.25) is 0 Å². The average Bonchev–Trinajstić information content (AvgIpc) is 2.74. The molecule has 0 saturated carbocycles. The van der Waals surface area contributed by atoms with Gasteiger partial charge in [0.1, 0.15) is 11.2 Å². The maximum absolute atomic E-state index is 12.0. The van der Waals surface area contributed by atoms with Crippen molar-refractivity contribution in [2.24, 2.45) is 21.7 Å². The van der Waals surface area contributed by atoms with Crippen LogP contribution in [0.5, 0.6) is 0 Å². The molecule has 0 atom stereocenters. The van der Waals surface area contributed by atoms with Gasteiger partial charge in [-0.2, -0.15) is 0 Å². The van der Waals surface area contributed by atoms with Crippen molar-refractivity contribution in [2.45, 2.75) is 93.3 Å². The topological polar surface area (TPSA) is 158 Å². The number of nitrogens with one attached hydrogen (secondary N) is 2. The molecule has 242 valence electrons. The maximum Gasteiger partial charge on any atom is 0.414 e. The number of nitrogens with zero attached hydrogens (tertiary/aromatic N) is 2. The van der Waals surface area contributed by atoms with Gasteiger partial charge in [-0.3, -0.25) is 0 Å². The lowest BCUT2D eigenvalue weighted by molar-refractivity contribution is -0.159. The van der Waals surface area contributed by atoms with E-state index in [-0.39, 0.29) is 33.8 Å². The van der Waals surface area contributed by atoms with E-state index < -0.39 is 23.1 Å². The van der Waals surface area contributed by atoms with Crippen LogP contribution in [0, 0.1) is 21.7 Å². The second-order valence-electron chi connectivity index (χ2n) is 15.5. The van der Waals surface area contributed by atoms with Crippen molar-refractivity contribution < 1.29 is 38.9 Å². The third kappa shape index (κ3) is 8.72. The molecule has 4 saturated heterocycles. The van der Waals surface area contributed by atoms with Crippen LogP contribution in [0.3, 0.4) is 0 Å². The fraction of sp³-hybridized carbons (Fsp3) is 0.867. The Kier molecular flexibility index (Phi) is 10.6. The smallest absolute Gasteiger partial charge is 0.414 e. The summed E-state index contributed by atoms with van der Waals surface area (Å²) in [5.74, 6) is -3.65. The van der Waals surface area contributed by atoms with Crippen LogP contribution in [-0.2, 0) is 19.1 Å². The molecule has 0 aliphatic carbocycles. The molecular weight excluding hydrogens is 544 g/mol. The molecule has 4 rings (SSSR count). The number of hydrogen-bond donors (Lipinski definition) is 4. The summed E-state index contributed by atoms with van der Waals surface area (Å²) in [6, 6.07) is 0. The molecule has 12 nitrogen and oxygen atoms in total. The van der Waals surface area contributed by atoms with E-state index in [9.17, 15) is 9.59 Å². The summed E-state index contributed by atoms with van der Waals surface area (Å²) < 4.78 is 10.8. The van der Waals surface area contributed by atoms with Crippen LogP contribution in [-0.4, -0.2) is 108 Å². The first-order valence-electron chi connectivity index (χ1n) is 14.8. The SMILES string of the molecule is CC(C)(C)OC(=O)N1CC2(CCNCC2(C)C)C1.CC(C)(C)OC(=O)N1CC2(CCNCC2(C)C)C1.O=C(O)C(=O)O. The number of hydrogen-bond acceptors (Lipinski definition) is 8. The van der Waals surface area contributed by atoms with E-state index in [0.717, 1.165) is 65.2 Å².